The molecular weight excluding hydrogens is 298 g/mol. The van der Waals surface area contributed by atoms with Gasteiger partial charge in [0.25, 0.3) is 5.91 Å². The van der Waals surface area contributed by atoms with Crippen molar-refractivity contribution < 1.29 is 24.2 Å². The van der Waals surface area contributed by atoms with Gasteiger partial charge in [0, 0.05) is 16.8 Å². The van der Waals surface area contributed by atoms with E-state index in [4.69, 9.17) is 9.84 Å². The molecule has 0 aromatic heterocycles. The standard InChI is InChI=1S/C17H21NO5/c1-4-5-10-23-17(22)13-6-8-14(9-7-13)18-15(19)11(2)12(3)16(20)21/h6-9H,4-5,10H2,1-3H3,(H,18,19)(H,20,21)/b12-11-. The highest BCUT2D eigenvalue weighted by molar-refractivity contribution is 6.08. The van der Waals surface area contributed by atoms with Crippen LogP contribution in [-0.4, -0.2) is 29.6 Å². The Hall–Kier alpha value is -2.63. The highest BCUT2D eigenvalue weighted by Crippen LogP contribution is 2.13. The number of carbonyl (C=O) groups is 3. The Morgan fingerprint density at radius 2 is 1.70 bits per heavy atom. The average Bonchev–Trinajstić information content (AvgIpc) is 2.54. The zero-order valence-corrected chi connectivity index (χ0v) is 13.5. The summed E-state index contributed by atoms with van der Waals surface area (Å²) in [5.41, 5.74) is 0.977. The zero-order valence-electron chi connectivity index (χ0n) is 13.5. The lowest BCUT2D eigenvalue weighted by molar-refractivity contribution is -0.133. The van der Waals surface area contributed by atoms with Crippen molar-refractivity contribution >= 4 is 23.5 Å². The fourth-order valence-corrected chi connectivity index (χ4v) is 1.64. The Bertz CT molecular complexity index is 616. The van der Waals surface area contributed by atoms with Crippen molar-refractivity contribution in [2.24, 2.45) is 0 Å². The number of amides is 1. The molecule has 0 aliphatic rings. The van der Waals surface area contributed by atoms with E-state index >= 15 is 0 Å². The molecule has 0 bridgehead atoms. The van der Waals surface area contributed by atoms with E-state index in [2.05, 4.69) is 5.32 Å². The second kappa shape index (κ2) is 8.73. The maximum atomic E-state index is 11.9. The van der Waals surface area contributed by atoms with E-state index in [-0.39, 0.29) is 11.1 Å². The zero-order chi connectivity index (χ0) is 17.4. The number of unbranched alkanes of at least 4 members (excludes halogenated alkanes) is 1. The van der Waals surface area contributed by atoms with Crippen LogP contribution in [0.1, 0.15) is 44.0 Å². The van der Waals surface area contributed by atoms with Crippen LogP contribution in [-0.2, 0) is 14.3 Å². The molecule has 1 aromatic carbocycles. The van der Waals surface area contributed by atoms with E-state index in [1.54, 1.807) is 24.3 Å². The van der Waals surface area contributed by atoms with Gasteiger partial charge in [-0.25, -0.2) is 9.59 Å². The van der Waals surface area contributed by atoms with Crippen LogP contribution in [0.4, 0.5) is 5.69 Å². The molecule has 6 nitrogen and oxygen atoms in total. The number of hydrogen-bond acceptors (Lipinski definition) is 4. The van der Waals surface area contributed by atoms with Gasteiger partial charge in [-0.15, -0.1) is 0 Å². The molecule has 0 aliphatic carbocycles. The number of esters is 1. The first-order chi connectivity index (χ1) is 10.9. The van der Waals surface area contributed by atoms with Crippen molar-refractivity contribution in [1.82, 2.24) is 0 Å². The summed E-state index contributed by atoms with van der Waals surface area (Å²) < 4.78 is 5.09. The number of hydrogen-bond donors (Lipinski definition) is 2. The Morgan fingerprint density at radius 3 is 2.22 bits per heavy atom. The molecule has 0 atom stereocenters. The van der Waals surface area contributed by atoms with Gasteiger partial charge in [0.2, 0.25) is 0 Å². The van der Waals surface area contributed by atoms with E-state index < -0.39 is 17.8 Å². The van der Waals surface area contributed by atoms with Crippen LogP contribution in [0, 0.1) is 0 Å². The van der Waals surface area contributed by atoms with Crippen LogP contribution < -0.4 is 5.32 Å². The largest absolute Gasteiger partial charge is 0.478 e. The van der Waals surface area contributed by atoms with Gasteiger partial charge >= 0.3 is 11.9 Å². The molecule has 124 valence electrons. The van der Waals surface area contributed by atoms with Gasteiger partial charge in [0.15, 0.2) is 0 Å². The van der Waals surface area contributed by atoms with Gasteiger partial charge in [-0.05, 0) is 44.5 Å². The molecule has 0 saturated carbocycles. The second-order valence-corrected chi connectivity index (χ2v) is 5.08. The van der Waals surface area contributed by atoms with Gasteiger partial charge in [-0.3, -0.25) is 4.79 Å². The van der Waals surface area contributed by atoms with Crippen LogP contribution in [0.25, 0.3) is 0 Å². The lowest BCUT2D eigenvalue weighted by Gasteiger charge is -2.08. The molecule has 0 heterocycles. The minimum Gasteiger partial charge on any atom is -0.478 e. The van der Waals surface area contributed by atoms with Crippen LogP contribution in [0.5, 0.6) is 0 Å². The number of carbonyl (C=O) groups excluding carboxylic acids is 2. The van der Waals surface area contributed by atoms with Gasteiger partial charge < -0.3 is 15.2 Å². The fourth-order valence-electron chi connectivity index (χ4n) is 1.64. The lowest BCUT2D eigenvalue weighted by atomic mass is 10.1. The van der Waals surface area contributed by atoms with Gasteiger partial charge in [-0.2, -0.15) is 0 Å². The first kappa shape index (κ1) is 18.4. The van der Waals surface area contributed by atoms with Crippen molar-refractivity contribution in [3.05, 3.63) is 41.0 Å². The number of carboxylic acid groups (broad SMARTS) is 1. The van der Waals surface area contributed by atoms with Crippen LogP contribution >= 0.6 is 0 Å². The van der Waals surface area contributed by atoms with Gasteiger partial charge in [-0.1, -0.05) is 13.3 Å². The monoisotopic (exact) mass is 319 g/mol. The number of rotatable bonds is 7. The molecule has 0 spiro atoms. The molecule has 23 heavy (non-hydrogen) atoms. The normalized spacial score (nSPS) is 11.4. The van der Waals surface area contributed by atoms with E-state index in [9.17, 15) is 14.4 Å². The Kier molecular flexibility index (Phi) is 6.99. The maximum Gasteiger partial charge on any atom is 0.338 e. The highest BCUT2D eigenvalue weighted by atomic mass is 16.5. The third-order valence-corrected chi connectivity index (χ3v) is 3.33. The summed E-state index contributed by atoms with van der Waals surface area (Å²) in [5, 5.41) is 11.4. The molecule has 0 aliphatic heterocycles. The van der Waals surface area contributed by atoms with Crippen molar-refractivity contribution in [3.63, 3.8) is 0 Å². The van der Waals surface area contributed by atoms with E-state index in [0.29, 0.717) is 17.9 Å². The summed E-state index contributed by atoms with van der Waals surface area (Å²) >= 11 is 0. The smallest absolute Gasteiger partial charge is 0.338 e. The number of benzene rings is 1. The Labute approximate surface area is 135 Å². The predicted octanol–water partition coefficient (Wildman–Crippen LogP) is 3.00. The summed E-state index contributed by atoms with van der Waals surface area (Å²) in [4.78, 5) is 34.5. The van der Waals surface area contributed by atoms with Gasteiger partial charge in [0.1, 0.15) is 0 Å². The highest BCUT2D eigenvalue weighted by Gasteiger charge is 2.13. The van der Waals surface area contributed by atoms with E-state index in [1.807, 2.05) is 6.92 Å². The van der Waals surface area contributed by atoms with Crippen molar-refractivity contribution in [1.29, 1.82) is 0 Å². The first-order valence-electron chi connectivity index (χ1n) is 7.36. The lowest BCUT2D eigenvalue weighted by Crippen LogP contribution is -2.16. The van der Waals surface area contributed by atoms with Crippen molar-refractivity contribution in [3.8, 4) is 0 Å². The summed E-state index contributed by atoms with van der Waals surface area (Å²) in [7, 11) is 0. The predicted molar refractivity (Wildman–Crippen MR) is 86.3 cm³/mol. The average molecular weight is 319 g/mol. The summed E-state index contributed by atoms with van der Waals surface area (Å²) in [5.74, 6) is -2.04. The summed E-state index contributed by atoms with van der Waals surface area (Å²) in [6.07, 6.45) is 1.76. The van der Waals surface area contributed by atoms with Crippen LogP contribution in [0.2, 0.25) is 0 Å². The van der Waals surface area contributed by atoms with Crippen LogP contribution in [0.15, 0.2) is 35.4 Å². The Balaban J connectivity index is 2.71. The minimum absolute atomic E-state index is 0.0152. The molecular formula is C17H21NO5. The third-order valence-electron chi connectivity index (χ3n) is 3.33. The number of anilines is 1. The van der Waals surface area contributed by atoms with Gasteiger partial charge in [0.05, 0.1) is 12.2 Å². The van der Waals surface area contributed by atoms with E-state index in [1.165, 1.54) is 13.8 Å². The minimum atomic E-state index is -1.14. The summed E-state index contributed by atoms with van der Waals surface area (Å²) in [6, 6.07) is 6.23. The van der Waals surface area contributed by atoms with Crippen molar-refractivity contribution in [2.45, 2.75) is 33.6 Å². The number of ether oxygens (including phenoxy) is 1. The fraction of sp³-hybridized carbons (Fsp3) is 0.353. The molecule has 1 amide bonds. The first-order valence-corrected chi connectivity index (χ1v) is 7.36. The summed E-state index contributed by atoms with van der Waals surface area (Å²) in [6.45, 7) is 5.20. The molecule has 1 rings (SSSR count). The third kappa shape index (κ3) is 5.58. The topological polar surface area (TPSA) is 92.7 Å². The van der Waals surface area contributed by atoms with E-state index in [0.717, 1.165) is 12.8 Å². The number of nitrogens with one attached hydrogen (secondary N) is 1. The molecule has 1 aromatic rings. The SMILES string of the molecule is CCCCOC(=O)c1ccc(NC(=O)/C(C)=C(/C)C(=O)O)cc1. The number of aliphatic carboxylic acids is 1. The molecule has 0 radical (unpaired) electrons. The molecule has 0 fully saturated rings. The molecule has 0 saturated heterocycles. The second-order valence-electron chi connectivity index (χ2n) is 5.08. The molecule has 2 N–H and O–H groups in total. The van der Waals surface area contributed by atoms with Crippen molar-refractivity contribution in [2.75, 3.05) is 11.9 Å². The Morgan fingerprint density at radius 1 is 1.09 bits per heavy atom. The maximum absolute atomic E-state index is 11.9. The number of carboxylic acids is 1. The molecule has 6 heteroatoms. The quantitative estimate of drug-likeness (QED) is 0.458. The molecule has 0 unspecified atom stereocenters. The van der Waals surface area contributed by atoms with Crippen LogP contribution in [0.3, 0.4) is 0 Å².